The third-order valence-corrected chi connectivity index (χ3v) is 3.56. The number of aryl methyl sites for hydroxylation is 1. The van der Waals surface area contributed by atoms with Gasteiger partial charge in [-0.3, -0.25) is 0 Å². The molecule has 0 aliphatic carbocycles. The number of aromatic nitrogens is 3. The molecule has 1 aromatic carbocycles. The molecule has 0 spiro atoms. The maximum Gasteiger partial charge on any atom is 0.138 e. The number of nitrogens with zero attached hydrogens (tertiary/aromatic N) is 3. The molecule has 1 atom stereocenters. The van der Waals surface area contributed by atoms with Gasteiger partial charge in [0.25, 0.3) is 0 Å². The van der Waals surface area contributed by atoms with Gasteiger partial charge in [0.1, 0.15) is 12.2 Å². The van der Waals surface area contributed by atoms with E-state index in [0.717, 1.165) is 37.2 Å². The van der Waals surface area contributed by atoms with E-state index < -0.39 is 5.60 Å². The smallest absolute Gasteiger partial charge is 0.138 e. The third-order valence-electron chi connectivity index (χ3n) is 3.56. The summed E-state index contributed by atoms with van der Waals surface area (Å²) in [6, 6.07) is 9.86. The highest BCUT2D eigenvalue weighted by molar-refractivity contribution is 5.23. The Labute approximate surface area is 120 Å². The van der Waals surface area contributed by atoms with Crippen molar-refractivity contribution in [2.24, 2.45) is 0 Å². The largest absolute Gasteiger partial charge is 0.385 e. The van der Waals surface area contributed by atoms with Crippen LogP contribution in [0.15, 0.2) is 36.7 Å². The molecule has 0 fully saturated rings. The lowest BCUT2D eigenvalue weighted by molar-refractivity contribution is 0.0238. The molecule has 0 amide bonds. The first-order chi connectivity index (χ1) is 9.69. The van der Waals surface area contributed by atoms with E-state index >= 15 is 0 Å². The Morgan fingerprint density at radius 1 is 1.15 bits per heavy atom. The maximum atomic E-state index is 11.1. The Kier molecular flexibility index (Phi) is 4.90. The Bertz CT molecular complexity index is 524. The summed E-state index contributed by atoms with van der Waals surface area (Å²) in [6.45, 7) is 5.04. The van der Waals surface area contributed by atoms with Crippen LogP contribution < -0.4 is 0 Å². The standard InChI is InChI=1S/C16H23N3O/c1-3-10-16(20,14-8-6-5-7-9-14)12-15-17-13-18-19(15)11-4-2/h5-9,13,20H,3-4,10-12H2,1-2H3. The van der Waals surface area contributed by atoms with Crippen molar-refractivity contribution < 1.29 is 5.11 Å². The summed E-state index contributed by atoms with van der Waals surface area (Å²) in [5.74, 6) is 0.853. The molecule has 0 bridgehead atoms. The number of hydrogen-bond acceptors (Lipinski definition) is 3. The molecule has 1 unspecified atom stereocenters. The van der Waals surface area contributed by atoms with Crippen molar-refractivity contribution in [2.45, 2.75) is 51.7 Å². The lowest BCUT2D eigenvalue weighted by atomic mass is 9.86. The summed E-state index contributed by atoms with van der Waals surface area (Å²) in [5, 5.41) is 15.3. The lowest BCUT2D eigenvalue weighted by Gasteiger charge is -2.28. The van der Waals surface area contributed by atoms with Gasteiger partial charge < -0.3 is 5.11 Å². The van der Waals surface area contributed by atoms with Crippen molar-refractivity contribution in [3.05, 3.63) is 48.0 Å². The van der Waals surface area contributed by atoms with Gasteiger partial charge in [0, 0.05) is 13.0 Å². The molecule has 1 N–H and O–H groups in total. The minimum atomic E-state index is -0.867. The monoisotopic (exact) mass is 273 g/mol. The van der Waals surface area contributed by atoms with Crippen LogP contribution in [0.2, 0.25) is 0 Å². The minimum absolute atomic E-state index is 0.505. The highest BCUT2D eigenvalue weighted by atomic mass is 16.3. The van der Waals surface area contributed by atoms with Crippen LogP contribution in [-0.2, 0) is 18.6 Å². The van der Waals surface area contributed by atoms with Crippen LogP contribution in [0.5, 0.6) is 0 Å². The molecule has 108 valence electrons. The lowest BCUT2D eigenvalue weighted by Crippen LogP contribution is -2.30. The molecule has 20 heavy (non-hydrogen) atoms. The molecule has 0 aliphatic rings. The third kappa shape index (κ3) is 3.25. The van der Waals surface area contributed by atoms with E-state index in [1.165, 1.54) is 0 Å². The van der Waals surface area contributed by atoms with Crippen LogP contribution in [0.4, 0.5) is 0 Å². The highest BCUT2D eigenvalue weighted by Gasteiger charge is 2.30. The molecular formula is C16H23N3O. The SMILES string of the molecule is CCCn1ncnc1CC(O)(CCC)c1ccccc1. The first-order valence-corrected chi connectivity index (χ1v) is 7.34. The average Bonchev–Trinajstić information content (AvgIpc) is 2.88. The molecule has 4 heteroatoms. The van der Waals surface area contributed by atoms with Crippen LogP contribution >= 0.6 is 0 Å². The average molecular weight is 273 g/mol. The first-order valence-electron chi connectivity index (χ1n) is 7.34. The first kappa shape index (κ1) is 14.7. The van der Waals surface area contributed by atoms with E-state index in [2.05, 4.69) is 23.9 Å². The zero-order valence-electron chi connectivity index (χ0n) is 12.3. The molecule has 0 aliphatic heterocycles. The summed E-state index contributed by atoms with van der Waals surface area (Å²) < 4.78 is 1.89. The van der Waals surface area contributed by atoms with Gasteiger partial charge in [0.15, 0.2) is 0 Å². The van der Waals surface area contributed by atoms with Gasteiger partial charge >= 0.3 is 0 Å². The Morgan fingerprint density at radius 2 is 1.90 bits per heavy atom. The molecule has 4 nitrogen and oxygen atoms in total. The van der Waals surface area contributed by atoms with Crippen LogP contribution in [0, 0.1) is 0 Å². The molecule has 0 saturated carbocycles. The molecule has 0 radical (unpaired) electrons. The van der Waals surface area contributed by atoms with Gasteiger partial charge in [-0.25, -0.2) is 9.67 Å². The predicted octanol–water partition coefficient (Wildman–Crippen LogP) is 2.92. The van der Waals surface area contributed by atoms with Crippen LogP contribution in [0.1, 0.15) is 44.5 Å². The van der Waals surface area contributed by atoms with Crippen LogP contribution in [0.3, 0.4) is 0 Å². The van der Waals surface area contributed by atoms with Gasteiger partial charge in [-0.2, -0.15) is 5.10 Å². The molecule has 2 rings (SSSR count). The van der Waals surface area contributed by atoms with Crippen LogP contribution in [-0.4, -0.2) is 19.9 Å². The zero-order chi connectivity index (χ0) is 14.4. The van der Waals surface area contributed by atoms with Crippen molar-refractivity contribution in [1.29, 1.82) is 0 Å². The summed E-state index contributed by atoms with van der Waals surface area (Å²) in [5.41, 5.74) is 0.0852. The van der Waals surface area contributed by atoms with E-state index in [9.17, 15) is 5.11 Å². The topological polar surface area (TPSA) is 50.9 Å². The number of aliphatic hydroxyl groups is 1. The minimum Gasteiger partial charge on any atom is -0.385 e. The molecule has 0 saturated heterocycles. The highest BCUT2D eigenvalue weighted by Crippen LogP contribution is 2.29. The normalized spacial score (nSPS) is 14.2. The quantitative estimate of drug-likeness (QED) is 0.844. The van der Waals surface area contributed by atoms with Gasteiger partial charge in [-0.1, -0.05) is 50.6 Å². The Morgan fingerprint density at radius 3 is 2.55 bits per heavy atom. The van der Waals surface area contributed by atoms with Crippen molar-refractivity contribution in [1.82, 2.24) is 14.8 Å². The second kappa shape index (κ2) is 6.66. The van der Waals surface area contributed by atoms with Crippen molar-refractivity contribution in [3.8, 4) is 0 Å². The molecule has 1 heterocycles. The van der Waals surface area contributed by atoms with E-state index in [-0.39, 0.29) is 0 Å². The van der Waals surface area contributed by atoms with Gasteiger partial charge in [-0.05, 0) is 18.4 Å². The van der Waals surface area contributed by atoms with Crippen molar-refractivity contribution in [3.63, 3.8) is 0 Å². The molecular weight excluding hydrogens is 250 g/mol. The Balaban J connectivity index is 2.27. The summed E-state index contributed by atoms with van der Waals surface area (Å²) in [7, 11) is 0. The van der Waals surface area contributed by atoms with Gasteiger partial charge in [0.2, 0.25) is 0 Å². The number of hydrogen-bond donors (Lipinski definition) is 1. The van der Waals surface area contributed by atoms with Crippen molar-refractivity contribution >= 4 is 0 Å². The second-order valence-electron chi connectivity index (χ2n) is 5.22. The Hall–Kier alpha value is -1.68. The fraction of sp³-hybridized carbons (Fsp3) is 0.500. The molecule has 1 aromatic heterocycles. The summed E-state index contributed by atoms with van der Waals surface area (Å²) in [6.07, 6.45) is 4.73. The molecule has 2 aromatic rings. The maximum absolute atomic E-state index is 11.1. The van der Waals surface area contributed by atoms with E-state index in [1.54, 1.807) is 6.33 Å². The van der Waals surface area contributed by atoms with E-state index in [4.69, 9.17) is 0 Å². The summed E-state index contributed by atoms with van der Waals surface area (Å²) in [4.78, 5) is 4.32. The zero-order valence-corrected chi connectivity index (χ0v) is 12.3. The fourth-order valence-electron chi connectivity index (χ4n) is 2.58. The summed E-state index contributed by atoms with van der Waals surface area (Å²) >= 11 is 0. The van der Waals surface area contributed by atoms with E-state index in [1.807, 2.05) is 35.0 Å². The fourth-order valence-corrected chi connectivity index (χ4v) is 2.58. The van der Waals surface area contributed by atoms with Gasteiger partial charge in [-0.15, -0.1) is 0 Å². The number of rotatable bonds is 7. The number of benzene rings is 1. The predicted molar refractivity (Wildman–Crippen MR) is 79.3 cm³/mol. The van der Waals surface area contributed by atoms with E-state index in [0.29, 0.717) is 6.42 Å². The van der Waals surface area contributed by atoms with Gasteiger partial charge in [0.05, 0.1) is 5.60 Å². The van der Waals surface area contributed by atoms with Crippen molar-refractivity contribution in [2.75, 3.05) is 0 Å². The second-order valence-corrected chi connectivity index (χ2v) is 5.22. The van der Waals surface area contributed by atoms with Crippen LogP contribution in [0.25, 0.3) is 0 Å².